The van der Waals surface area contributed by atoms with Crippen LogP contribution >= 0.6 is 0 Å². The summed E-state index contributed by atoms with van der Waals surface area (Å²) in [4.78, 5) is 8.00. The second-order valence-electron chi connectivity index (χ2n) is 11.4. The van der Waals surface area contributed by atoms with E-state index in [0.29, 0.717) is 5.41 Å². The van der Waals surface area contributed by atoms with Crippen molar-refractivity contribution < 1.29 is 0 Å². The molecule has 0 aromatic heterocycles. The molecule has 2 aliphatic heterocycles. The molecule has 3 aliphatic rings. The minimum absolute atomic E-state index is 0.531. The van der Waals surface area contributed by atoms with Crippen molar-refractivity contribution in [3.05, 3.63) is 23.8 Å². The monoisotopic (exact) mass is 411 g/mol. The first-order valence-corrected chi connectivity index (χ1v) is 12.8. The SMILES string of the molecule is CC(C)CN1CCN(c2ccc(N3CCCCC3)cc2C2CCC(C)(C)CC2)CC1. The fourth-order valence-corrected chi connectivity index (χ4v) is 5.90. The Bertz CT molecular complexity index is 671. The average Bonchev–Trinajstić information content (AvgIpc) is 2.74. The Morgan fingerprint density at radius 3 is 2.17 bits per heavy atom. The zero-order valence-corrected chi connectivity index (χ0v) is 20.1. The van der Waals surface area contributed by atoms with Crippen molar-refractivity contribution in [1.29, 1.82) is 0 Å². The molecule has 0 bridgehead atoms. The summed E-state index contributed by atoms with van der Waals surface area (Å²) in [6.07, 6.45) is 9.56. The molecule has 3 heteroatoms. The lowest BCUT2D eigenvalue weighted by atomic mass is 9.71. The maximum absolute atomic E-state index is 2.70. The molecule has 0 spiro atoms. The van der Waals surface area contributed by atoms with E-state index >= 15 is 0 Å². The number of hydrogen-bond donors (Lipinski definition) is 0. The van der Waals surface area contributed by atoms with Crippen molar-refractivity contribution in [3.63, 3.8) is 0 Å². The van der Waals surface area contributed by atoms with E-state index < -0.39 is 0 Å². The van der Waals surface area contributed by atoms with E-state index in [-0.39, 0.29) is 0 Å². The molecular formula is C27H45N3. The number of hydrogen-bond acceptors (Lipinski definition) is 3. The van der Waals surface area contributed by atoms with E-state index in [1.165, 1.54) is 96.4 Å². The van der Waals surface area contributed by atoms with Gasteiger partial charge in [0.05, 0.1) is 0 Å². The van der Waals surface area contributed by atoms with E-state index in [2.05, 4.69) is 60.6 Å². The highest BCUT2D eigenvalue weighted by Crippen LogP contribution is 2.45. The highest BCUT2D eigenvalue weighted by molar-refractivity contribution is 5.63. The molecule has 1 aromatic rings. The van der Waals surface area contributed by atoms with Crippen LogP contribution in [0.2, 0.25) is 0 Å². The van der Waals surface area contributed by atoms with Gasteiger partial charge in [-0.1, -0.05) is 27.7 Å². The van der Waals surface area contributed by atoms with Gasteiger partial charge in [0.1, 0.15) is 0 Å². The van der Waals surface area contributed by atoms with Gasteiger partial charge in [-0.2, -0.15) is 0 Å². The van der Waals surface area contributed by atoms with E-state index in [0.717, 1.165) is 11.8 Å². The predicted molar refractivity (Wildman–Crippen MR) is 131 cm³/mol. The fourth-order valence-electron chi connectivity index (χ4n) is 5.90. The van der Waals surface area contributed by atoms with Gasteiger partial charge >= 0.3 is 0 Å². The standard InChI is InChI=1S/C27H45N3/c1-22(2)21-28-16-18-30(19-17-28)26-9-8-24(29-14-6-5-7-15-29)20-25(26)23-10-12-27(3,4)13-11-23/h8-9,20,22-23H,5-7,10-19,21H2,1-4H3. The molecule has 4 rings (SSSR count). The van der Waals surface area contributed by atoms with Crippen molar-refractivity contribution in [2.24, 2.45) is 11.3 Å². The molecule has 0 amide bonds. The van der Waals surface area contributed by atoms with E-state index in [1.54, 1.807) is 11.3 Å². The van der Waals surface area contributed by atoms with Gasteiger partial charge in [-0.05, 0) is 86.0 Å². The summed E-state index contributed by atoms with van der Waals surface area (Å²) < 4.78 is 0. The normalized spacial score (nSPS) is 23.9. The molecule has 1 aliphatic carbocycles. The van der Waals surface area contributed by atoms with Crippen LogP contribution in [-0.2, 0) is 0 Å². The van der Waals surface area contributed by atoms with Gasteiger partial charge in [0, 0.05) is 57.2 Å². The van der Waals surface area contributed by atoms with Gasteiger partial charge in [0.15, 0.2) is 0 Å². The van der Waals surface area contributed by atoms with Crippen LogP contribution in [0.15, 0.2) is 18.2 Å². The molecule has 3 nitrogen and oxygen atoms in total. The van der Waals surface area contributed by atoms with Crippen molar-refractivity contribution in [2.45, 2.75) is 78.6 Å². The molecule has 0 N–H and O–H groups in total. The first-order chi connectivity index (χ1) is 14.4. The number of piperazine rings is 1. The highest BCUT2D eigenvalue weighted by atomic mass is 15.3. The molecule has 0 radical (unpaired) electrons. The van der Waals surface area contributed by atoms with Crippen LogP contribution < -0.4 is 9.80 Å². The maximum atomic E-state index is 2.70. The third-order valence-corrected chi connectivity index (χ3v) is 7.85. The van der Waals surface area contributed by atoms with Crippen LogP contribution in [0.25, 0.3) is 0 Å². The van der Waals surface area contributed by atoms with Gasteiger partial charge in [0.2, 0.25) is 0 Å². The van der Waals surface area contributed by atoms with Gasteiger partial charge in [-0.3, -0.25) is 4.90 Å². The number of rotatable bonds is 5. The summed E-state index contributed by atoms with van der Waals surface area (Å²) in [5, 5.41) is 0. The molecule has 0 unspecified atom stereocenters. The van der Waals surface area contributed by atoms with E-state index in [9.17, 15) is 0 Å². The Kier molecular flexibility index (Phi) is 6.97. The van der Waals surface area contributed by atoms with E-state index in [1.807, 2.05) is 0 Å². The first-order valence-electron chi connectivity index (χ1n) is 12.8. The molecule has 2 heterocycles. The molecular weight excluding hydrogens is 366 g/mol. The molecule has 0 atom stereocenters. The Balaban J connectivity index is 1.54. The van der Waals surface area contributed by atoms with Crippen molar-refractivity contribution >= 4 is 11.4 Å². The molecule has 1 aromatic carbocycles. The summed E-state index contributed by atoms with van der Waals surface area (Å²) in [7, 11) is 0. The summed E-state index contributed by atoms with van der Waals surface area (Å²) in [5.74, 6) is 1.51. The Morgan fingerprint density at radius 2 is 1.53 bits per heavy atom. The Labute approximate surface area is 185 Å². The summed E-state index contributed by atoms with van der Waals surface area (Å²) in [6.45, 7) is 18.1. The molecule has 2 saturated heterocycles. The number of nitrogens with zero attached hydrogens (tertiary/aromatic N) is 3. The lowest BCUT2D eigenvalue weighted by Crippen LogP contribution is -2.47. The van der Waals surface area contributed by atoms with Crippen LogP contribution in [0, 0.1) is 11.3 Å². The molecule has 1 saturated carbocycles. The van der Waals surface area contributed by atoms with Gasteiger partial charge in [-0.15, -0.1) is 0 Å². The minimum atomic E-state index is 0.531. The second kappa shape index (κ2) is 9.51. The third kappa shape index (κ3) is 5.33. The van der Waals surface area contributed by atoms with Crippen molar-refractivity contribution in [1.82, 2.24) is 4.90 Å². The van der Waals surface area contributed by atoms with Crippen LogP contribution in [0.4, 0.5) is 11.4 Å². The minimum Gasteiger partial charge on any atom is -0.372 e. The average molecular weight is 412 g/mol. The number of piperidine rings is 1. The maximum Gasteiger partial charge on any atom is 0.0404 e. The van der Waals surface area contributed by atoms with E-state index in [4.69, 9.17) is 0 Å². The Morgan fingerprint density at radius 1 is 0.867 bits per heavy atom. The van der Waals surface area contributed by atoms with Gasteiger partial charge in [-0.25, -0.2) is 0 Å². The van der Waals surface area contributed by atoms with Crippen LogP contribution in [0.3, 0.4) is 0 Å². The largest absolute Gasteiger partial charge is 0.372 e. The zero-order chi connectivity index (χ0) is 21.1. The molecule has 3 fully saturated rings. The second-order valence-corrected chi connectivity index (χ2v) is 11.4. The summed E-state index contributed by atoms with van der Waals surface area (Å²) in [6, 6.07) is 7.51. The lowest BCUT2D eigenvalue weighted by Gasteiger charge is -2.41. The van der Waals surface area contributed by atoms with Crippen molar-refractivity contribution in [2.75, 3.05) is 55.6 Å². The fraction of sp³-hybridized carbons (Fsp3) is 0.778. The summed E-state index contributed by atoms with van der Waals surface area (Å²) in [5.41, 5.74) is 5.22. The molecule has 30 heavy (non-hydrogen) atoms. The van der Waals surface area contributed by atoms with Gasteiger partial charge < -0.3 is 9.80 Å². The third-order valence-electron chi connectivity index (χ3n) is 7.85. The van der Waals surface area contributed by atoms with Gasteiger partial charge in [0.25, 0.3) is 0 Å². The number of anilines is 2. The first kappa shape index (κ1) is 22.0. The Hall–Kier alpha value is -1.22. The summed E-state index contributed by atoms with van der Waals surface area (Å²) >= 11 is 0. The van der Waals surface area contributed by atoms with Crippen LogP contribution in [0.1, 0.15) is 84.1 Å². The lowest BCUT2D eigenvalue weighted by molar-refractivity contribution is 0.222. The smallest absolute Gasteiger partial charge is 0.0404 e. The quantitative estimate of drug-likeness (QED) is 0.576. The zero-order valence-electron chi connectivity index (χ0n) is 20.1. The topological polar surface area (TPSA) is 9.72 Å². The predicted octanol–water partition coefficient (Wildman–Crippen LogP) is 6.14. The number of benzene rings is 1. The van der Waals surface area contributed by atoms with Crippen LogP contribution in [-0.4, -0.2) is 50.7 Å². The molecule has 168 valence electrons. The highest BCUT2D eigenvalue weighted by Gasteiger charge is 2.30. The van der Waals surface area contributed by atoms with Crippen LogP contribution in [0.5, 0.6) is 0 Å². The van der Waals surface area contributed by atoms with Crippen molar-refractivity contribution in [3.8, 4) is 0 Å².